The van der Waals surface area contributed by atoms with Gasteiger partial charge in [-0.2, -0.15) is 0 Å². The Kier molecular flexibility index (Phi) is 8.69. The van der Waals surface area contributed by atoms with E-state index in [1.807, 2.05) is 24.4 Å². The highest BCUT2D eigenvalue weighted by Gasteiger charge is 2.31. The summed E-state index contributed by atoms with van der Waals surface area (Å²) in [5.41, 5.74) is 3.10. The average molecular weight is 547 g/mol. The van der Waals surface area contributed by atoms with Gasteiger partial charge in [0.15, 0.2) is 0 Å². The van der Waals surface area contributed by atoms with Crippen molar-refractivity contribution < 1.29 is 9.59 Å². The van der Waals surface area contributed by atoms with E-state index in [0.717, 1.165) is 61.0 Å². The van der Waals surface area contributed by atoms with Gasteiger partial charge in [0.25, 0.3) is 0 Å². The number of carbonyl (C=O) groups excluding carboxylic acids is 2. The summed E-state index contributed by atoms with van der Waals surface area (Å²) in [6.45, 7) is 10.0. The topological polar surface area (TPSA) is 92.5 Å². The van der Waals surface area contributed by atoms with E-state index in [2.05, 4.69) is 41.1 Å². The Morgan fingerprint density at radius 3 is 2.42 bits per heavy atom. The molecule has 214 valence electrons. The molecule has 1 aromatic carbocycles. The maximum Gasteiger partial charge on any atom is 0.329 e. The summed E-state index contributed by atoms with van der Waals surface area (Å²) >= 11 is 0. The summed E-state index contributed by atoms with van der Waals surface area (Å²) in [6, 6.07) is 9.34. The van der Waals surface area contributed by atoms with E-state index >= 15 is 0 Å². The minimum atomic E-state index is -0.686. The lowest BCUT2D eigenvalue weighted by Crippen LogP contribution is -2.44. The number of piperidine rings is 1. The number of aromatic nitrogens is 3. The summed E-state index contributed by atoms with van der Waals surface area (Å²) in [4.78, 5) is 47.1. The molecule has 4 heterocycles. The number of rotatable bonds is 9. The van der Waals surface area contributed by atoms with Crippen LogP contribution in [0.3, 0.4) is 0 Å². The average Bonchev–Trinajstić information content (AvgIpc) is 3.08. The molecule has 9 heteroatoms. The molecule has 2 fully saturated rings. The first kappa shape index (κ1) is 28.1. The first-order valence-electron chi connectivity index (χ1n) is 14.9. The van der Waals surface area contributed by atoms with Gasteiger partial charge < -0.3 is 9.80 Å². The van der Waals surface area contributed by atoms with Crippen LogP contribution in [0.2, 0.25) is 0 Å². The fourth-order valence-corrected chi connectivity index (χ4v) is 6.41. The third kappa shape index (κ3) is 5.84. The fraction of sp³-hybridized carbons (Fsp3) is 0.548. The number of pyridine rings is 1. The molecular formula is C31H42N6O3. The zero-order chi connectivity index (χ0) is 28.2. The molecule has 1 unspecified atom stereocenters. The molecule has 2 saturated heterocycles. The maximum absolute atomic E-state index is 13.1. The quantitative estimate of drug-likeness (QED) is 0.406. The van der Waals surface area contributed by atoms with Crippen LogP contribution in [0.4, 0.5) is 5.82 Å². The Labute approximate surface area is 236 Å². The number of amides is 2. The van der Waals surface area contributed by atoms with E-state index in [-0.39, 0.29) is 18.0 Å². The number of fused-ring (bicyclic) bond motifs is 1. The van der Waals surface area contributed by atoms with E-state index < -0.39 is 11.9 Å². The van der Waals surface area contributed by atoms with Gasteiger partial charge >= 0.3 is 5.69 Å². The van der Waals surface area contributed by atoms with Gasteiger partial charge in [0.05, 0.1) is 11.0 Å². The lowest BCUT2D eigenvalue weighted by atomic mass is 9.97. The third-order valence-electron chi connectivity index (χ3n) is 8.52. The number of imidazole rings is 1. The van der Waals surface area contributed by atoms with Crippen LogP contribution in [0.15, 0.2) is 41.3 Å². The smallest absolute Gasteiger partial charge is 0.329 e. The molecule has 0 spiro atoms. The molecule has 40 heavy (non-hydrogen) atoms. The molecule has 0 bridgehead atoms. The second-order valence-corrected chi connectivity index (χ2v) is 11.4. The number of carbonyl (C=O) groups is 2. The third-order valence-corrected chi connectivity index (χ3v) is 8.52. The van der Waals surface area contributed by atoms with Crippen LogP contribution in [0.25, 0.3) is 22.2 Å². The molecule has 2 aliphatic rings. The molecule has 1 N–H and O–H groups in total. The van der Waals surface area contributed by atoms with E-state index in [1.165, 1.54) is 36.8 Å². The van der Waals surface area contributed by atoms with Crippen molar-refractivity contribution in [2.24, 2.45) is 13.0 Å². The number of nitrogens with zero attached hydrogens (tertiary/aromatic N) is 5. The maximum atomic E-state index is 13.1. The van der Waals surface area contributed by atoms with Gasteiger partial charge in [-0.1, -0.05) is 32.8 Å². The van der Waals surface area contributed by atoms with Gasteiger partial charge in [0.1, 0.15) is 11.9 Å². The predicted molar refractivity (Wildman–Crippen MR) is 158 cm³/mol. The van der Waals surface area contributed by atoms with Crippen molar-refractivity contribution in [3.63, 3.8) is 0 Å². The Morgan fingerprint density at radius 1 is 0.950 bits per heavy atom. The van der Waals surface area contributed by atoms with Gasteiger partial charge in [-0.05, 0) is 68.0 Å². The minimum Gasteiger partial charge on any atom is -0.355 e. The molecule has 2 aromatic heterocycles. The molecule has 0 saturated carbocycles. The molecule has 0 aliphatic carbocycles. The monoisotopic (exact) mass is 546 g/mol. The van der Waals surface area contributed by atoms with Crippen molar-refractivity contribution in [3.05, 3.63) is 47.0 Å². The lowest BCUT2D eigenvalue weighted by molar-refractivity contribution is -0.135. The van der Waals surface area contributed by atoms with Gasteiger partial charge in [0.2, 0.25) is 11.8 Å². The highest BCUT2D eigenvalue weighted by atomic mass is 16.2. The number of benzene rings is 1. The Balaban J connectivity index is 1.30. The Hall–Kier alpha value is -3.46. The minimum absolute atomic E-state index is 0.225. The molecule has 1 atom stereocenters. The second kappa shape index (κ2) is 12.4. The van der Waals surface area contributed by atoms with Crippen molar-refractivity contribution >= 4 is 28.7 Å². The number of nitrogens with one attached hydrogen (secondary N) is 1. The summed E-state index contributed by atoms with van der Waals surface area (Å²) in [7, 11) is 1.72. The van der Waals surface area contributed by atoms with Crippen LogP contribution in [0.5, 0.6) is 0 Å². The molecule has 9 nitrogen and oxygen atoms in total. The standard InChI is InChI=1S/C31H42N6O3/c1-4-7-22(8-5-2)21-35-15-6-16-36(18-17-35)28-13-10-24(20-32-28)23-9-11-25-27(19-23)34(3)31(40)37(25)26-12-14-29(38)33-30(26)39/h9-11,13,19-20,22,26H,4-8,12,14-18,21H2,1-3H3,(H,33,38,39). The van der Waals surface area contributed by atoms with Crippen LogP contribution in [-0.2, 0) is 16.6 Å². The van der Waals surface area contributed by atoms with Gasteiger partial charge in [-0.15, -0.1) is 0 Å². The van der Waals surface area contributed by atoms with Gasteiger partial charge in [-0.3, -0.25) is 24.0 Å². The predicted octanol–water partition coefficient (Wildman–Crippen LogP) is 4.11. The summed E-state index contributed by atoms with van der Waals surface area (Å²) < 4.78 is 3.08. The SMILES string of the molecule is CCCC(CCC)CN1CCCN(c2ccc(-c3ccc4c(c3)n(C)c(=O)n4C3CCC(=O)NC3=O)cn2)CC1. The molecular weight excluding hydrogens is 504 g/mol. The van der Waals surface area contributed by atoms with E-state index in [0.29, 0.717) is 11.9 Å². The summed E-state index contributed by atoms with van der Waals surface area (Å²) in [5, 5.41) is 2.36. The molecule has 2 amide bonds. The normalized spacial score (nSPS) is 18.9. The number of imide groups is 1. The number of anilines is 1. The van der Waals surface area contributed by atoms with E-state index in [1.54, 1.807) is 11.6 Å². The number of hydrogen-bond donors (Lipinski definition) is 1. The van der Waals surface area contributed by atoms with Crippen molar-refractivity contribution in [1.82, 2.24) is 24.3 Å². The molecule has 5 rings (SSSR count). The van der Waals surface area contributed by atoms with Gasteiger partial charge in [-0.25, -0.2) is 9.78 Å². The molecule has 3 aromatic rings. The van der Waals surface area contributed by atoms with E-state index in [4.69, 9.17) is 4.98 Å². The van der Waals surface area contributed by atoms with Crippen LogP contribution >= 0.6 is 0 Å². The summed E-state index contributed by atoms with van der Waals surface area (Å²) in [5.74, 6) is 1.09. The van der Waals surface area contributed by atoms with Gasteiger partial charge in [0, 0.05) is 51.4 Å². The molecule has 0 radical (unpaired) electrons. The Bertz CT molecular complexity index is 1400. The highest BCUT2D eigenvalue weighted by Crippen LogP contribution is 2.28. The zero-order valence-electron chi connectivity index (χ0n) is 24.1. The first-order chi connectivity index (χ1) is 19.4. The van der Waals surface area contributed by atoms with Crippen molar-refractivity contribution in [2.75, 3.05) is 37.6 Å². The van der Waals surface area contributed by atoms with Crippen molar-refractivity contribution in [2.45, 2.75) is 64.8 Å². The van der Waals surface area contributed by atoms with E-state index in [9.17, 15) is 14.4 Å². The molecule has 2 aliphatic heterocycles. The zero-order valence-corrected chi connectivity index (χ0v) is 24.1. The largest absolute Gasteiger partial charge is 0.355 e. The van der Waals surface area contributed by atoms with Crippen LogP contribution in [-0.4, -0.2) is 63.6 Å². The van der Waals surface area contributed by atoms with Crippen molar-refractivity contribution in [1.29, 1.82) is 0 Å². The van der Waals surface area contributed by atoms with Crippen LogP contribution in [0.1, 0.15) is 64.8 Å². The summed E-state index contributed by atoms with van der Waals surface area (Å²) in [6.07, 6.45) is 8.75. The highest BCUT2D eigenvalue weighted by molar-refractivity contribution is 6.00. The number of hydrogen-bond acceptors (Lipinski definition) is 6. The fourth-order valence-electron chi connectivity index (χ4n) is 6.41. The van der Waals surface area contributed by atoms with Crippen molar-refractivity contribution in [3.8, 4) is 11.1 Å². The first-order valence-corrected chi connectivity index (χ1v) is 14.9. The Morgan fingerprint density at radius 2 is 1.73 bits per heavy atom. The van der Waals surface area contributed by atoms with Crippen LogP contribution in [0, 0.1) is 5.92 Å². The lowest BCUT2D eigenvalue weighted by Gasteiger charge is -2.26. The second-order valence-electron chi connectivity index (χ2n) is 11.4. The van der Waals surface area contributed by atoms with Crippen LogP contribution < -0.4 is 15.9 Å². The number of aryl methyl sites for hydroxylation is 1.